The normalized spacial score (nSPS) is 20.6. The Bertz CT molecular complexity index is 930. The number of aliphatic hydroxyl groups is 1. The maximum atomic E-state index is 14.1. The smallest absolute Gasteiger partial charge is 0.185 e. The van der Waals surface area contributed by atoms with E-state index in [4.69, 9.17) is 0 Å². The quantitative estimate of drug-likeness (QED) is 0.787. The van der Waals surface area contributed by atoms with Crippen LogP contribution in [0.25, 0.3) is 10.9 Å². The summed E-state index contributed by atoms with van der Waals surface area (Å²) in [6.45, 7) is 3.03. The van der Waals surface area contributed by atoms with E-state index < -0.39 is 17.2 Å². The Kier molecular flexibility index (Phi) is 3.64. The SMILES string of the molecule is Cc1cc(N2CCC(O)(Cn3ccnn3)C2)c2ccc(F)c(F)c2n1. The lowest BCUT2D eigenvalue weighted by molar-refractivity contribution is 0.0409. The van der Waals surface area contributed by atoms with Crippen LogP contribution in [0.2, 0.25) is 0 Å². The number of nitrogens with zero attached hydrogens (tertiary/aromatic N) is 5. The maximum Gasteiger partial charge on any atom is 0.185 e. The highest BCUT2D eigenvalue weighted by Crippen LogP contribution is 2.34. The Morgan fingerprint density at radius 1 is 1.32 bits per heavy atom. The topological polar surface area (TPSA) is 67.1 Å². The number of anilines is 1. The minimum absolute atomic E-state index is 0.0155. The molecule has 0 saturated carbocycles. The molecule has 0 bridgehead atoms. The van der Waals surface area contributed by atoms with Crippen molar-refractivity contribution in [1.29, 1.82) is 0 Å². The van der Waals surface area contributed by atoms with E-state index in [1.54, 1.807) is 24.0 Å². The predicted molar refractivity (Wildman–Crippen MR) is 88.2 cm³/mol. The molecule has 130 valence electrons. The number of halogens is 2. The van der Waals surface area contributed by atoms with E-state index in [1.165, 1.54) is 6.07 Å². The Morgan fingerprint density at radius 2 is 2.16 bits per heavy atom. The lowest BCUT2D eigenvalue weighted by atomic mass is 10.0. The molecule has 0 amide bonds. The van der Waals surface area contributed by atoms with Gasteiger partial charge in [-0.15, -0.1) is 5.10 Å². The van der Waals surface area contributed by atoms with E-state index in [9.17, 15) is 13.9 Å². The van der Waals surface area contributed by atoms with Crippen LogP contribution in [0.4, 0.5) is 14.5 Å². The third-order valence-electron chi connectivity index (χ3n) is 4.58. The molecule has 1 atom stereocenters. The van der Waals surface area contributed by atoms with E-state index >= 15 is 0 Å². The fraction of sp³-hybridized carbons (Fsp3) is 0.353. The van der Waals surface area contributed by atoms with Crippen molar-refractivity contribution in [2.75, 3.05) is 18.0 Å². The van der Waals surface area contributed by atoms with Crippen molar-refractivity contribution in [1.82, 2.24) is 20.0 Å². The zero-order valence-electron chi connectivity index (χ0n) is 13.7. The monoisotopic (exact) mass is 345 g/mol. The van der Waals surface area contributed by atoms with Gasteiger partial charge in [0, 0.05) is 36.1 Å². The van der Waals surface area contributed by atoms with Gasteiger partial charge in [0.2, 0.25) is 0 Å². The number of rotatable bonds is 3. The van der Waals surface area contributed by atoms with Crippen LogP contribution in [0.15, 0.2) is 30.6 Å². The van der Waals surface area contributed by atoms with Crippen LogP contribution in [0, 0.1) is 18.6 Å². The second-order valence-corrected chi connectivity index (χ2v) is 6.54. The zero-order chi connectivity index (χ0) is 17.6. The minimum Gasteiger partial charge on any atom is -0.386 e. The largest absolute Gasteiger partial charge is 0.386 e. The number of β-amino-alcohol motifs (C(OH)–C–C–N with tert-alkyl or cyclic N) is 1. The zero-order valence-corrected chi connectivity index (χ0v) is 13.7. The first kappa shape index (κ1) is 15.9. The molecule has 1 fully saturated rings. The molecule has 0 aliphatic carbocycles. The summed E-state index contributed by atoms with van der Waals surface area (Å²) < 4.78 is 29.3. The maximum absolute atomic E-state index is 14.1. The number of pyridine rings is 1. The van der Waals surface area contributed by atoms with Gasteiger partial charge in [0.1, 0.15) is 11.1 Å². The molecule has 2 aromatic heterocycles. The molecule has 4 rings (SSSR count). The van der Waals surface area contributed by atoms with Crippen LogP contribution in [0.5, 0.6) is 0 Å². The lowest BCUT2D eigenvalue weighted by Crippen LogP contribution is -2.38. The molecule has 3 aromatic rings. The Hall–Kier alpha value is -2.61. The van der Waals surface area contributed by atoms with Gasteiger partial charge >= 0.3 is 0 Å². The van der Waals surface area contributed by atoms with E-state index in [2.05, 4.69) is 15.3 Å². The van der Waals surface area contributed by atoms with Crippen LogP contribution in [0.3, 0.4) is 0 Å². The molecule has 1 unspecified atom stereocenters. The van der Waals surface area contributed by atoms with Gasteiger partial charge in [-0.1, -0.05) is 5.21 Å². The average Bonchev–Trinajstić information content (AvgIpc) is 3.21. The van der Waals surface area contributed by atoms with Crippen LogP contribution in [0.1, 0.15) is 12.1 Å². The number of hydrogen-bond donors (Lipinski definition) is 1. The Labute approximate surface area is 142 Å². The fourth-order valence-electron chi connectivity index (χ4n) is 3.41. The number of aryl methyl sites for hydroxylation is 1. The molecule has 1 aliphatic heterocycles. The molecule has 3 heterocycles. The number of aromatic nitrogens is 4. The summed E-state index contributed by atoms with van der Waals surface area (Å²) in [5.41, 5.74) is 0.395. The summed E-state index contributed by atoms with van der Waals surface area (Å²) in [5.74, 6) is -1.86. The van der Waals surface area contributed by atoms with Gasteiger partial charge in [0.05, 0.1) is 12.7 Å². The Morgan fingerprint density at radius 3 is 2.92 bits per heavy atom. The molecular weight excluding hydrogens is 328 g/mol. The second-order valence-electron chi connectivity index (χ2n) is 6.54. The third-order valence-corrected chi connectivity index (χ3v) is 4.58. The van der Waals surface area contributed by atoms with E-state index in [0.29, 0.717) is 37.1 Å². The number of hydrogen-bond acceptors (Lipinski definition) is 5. The van der Waals surface area contributed by atoms with Crippen LogP contribution >= 0.6 is 0 Å². The van der Waals surface area contributed by atoms with Gasteiger partial charge < -0.3 is 10.0 Å². The summed E-state index contributed by atoms with van der Waals surface area (Å²) >= 11 is 0. The highest BCUT2D eigenvalue weighted by molar-refractivity contribution is 5.92. The van der Waals surface area contributed by atoms with Crippen molar-refractivity contribution in [3.63, 3.8) is 0 Å². The molecule has 25 heavy (non-hydrogen) atoms. The van der Waals surface area contributed by atoms with Gasteiger partial charge in [-0.05, 0) is 31.5 Å². The summed E-state index contributed by atoms with van der Waals surface area (Å²) in [4.78, 5) is 6.12. The van der Waals surface area contributed by atoms with Crippen LogP contribution in [-0.2, 0) is 6.54 Å². The van der Waals surface area contributed by atoms with E-state index in [0.717, 1.165) is 11.8 Å². The fourth-order valence-corrected chi connectivity index (χ4v) is 3.41. The first-order valence-corrected chi connectivity index (χ1v) is 8.02. The van der Waals surface area contributed by atoms with Crippen molar-refractivity contribution in [3.05, 3.63) is 47.9 Å². The first-order valence-electron chi connectivity index (χ1n) is 8.02. The van der Waals surface area contributed by atoms with E-state index in [1.807, 2.05) is 11.0 Å². The molecular formula is C17H17F2N5O. The highest BCUT2D eigenvalue weighted by Gasteiger charge is 2.37. The molecule has 6 nitrogen and oxygen atoms in total. The lowest BCUT2D eigenvalue weighted by Gasteiger charge is -2.25. The van der Waals surface area contributed by atoms with Crippen LogP contribution < -0.4 is 4.90 Å². The standard InChI is InChI=1S/C17H17F2N5O/c1-11-8-14(12-2-3-13(18)15(19)16(12)21-11)23-6-4-17(25,9-23)10-24-7-5-20-22-24/h2-3,5,7-8,25H,4,6,9-10H2,1H3. The number of benzene rings is 1. The first-order chi connectivity index (χ1) is 12.0. The van der Waals surface area contributed by atoms with Gasteiger partial charge in [-0.3, -0.25) is 0 Å². The Balaban J connectivity index is 1.70. The summed E-state index contributed by atoms with van der Waals surface area (Å²) in [6, 6.07) is 4.47. The minimum atomic E-state index is -0.963. The van der Waals surface area contributed by atoms with Crippen molar-refractivity contribution < 1.29 is 13.9 Å². The second kappa shape index (κ2) is 5.73. The molecule has 1 aromatic carbocycles. The molecule has 0 radical (unpaired) electrons. The van der Waals surface area contributed by atoms with Gasteiger partial charge in [0.25, 0.3) is 0 Å². The molecule has 0 spiro atoms. The van der Waals surface area contributed by atoms with Gasteiger partial charge in [0.15, 0.2) is 11.6 Å². The molecule has 8 heteroatoms. The average molecular weight is 345 g/mol. The third kappa shape index (κ3) is 2.82. The van der Waals surface area contributed by atoms with Crippen molar-refractivity contribution in [2.45, 2.75) is 25.5 Å². The molecule has 1 saturated heterocycles. The van der Waals surface area contributed by atoms with Crippen LogP contribution in [-0.4, -0.2) is 43.8 Å². The predicted octanol–water partition coefficient (Wildman–Crippen LogP) is 2.05. The molecule has 1 N–H and O–H groups in total. The highest BCUT2D eigenvalue weighted by atomic mass is 19.2. The number of fused-ring (bicyclic) bond motifs is 1. The van der Waals surface area contributed by atoms with Gasteiger partial charge in [-0.2, -0.15) is 0 Å². The van der Waals surface area contributed by atoms with Crippen molar-refractivity contribution in [2.24, 2.45) is 0 Å². The summed E-state index contributed by atoms with van der Waals surface area (Å²) in [6.07, 6.45) is 3.80. The van der Waals surface area contributed by atoms with Crippen molar-refractivity contribution in [3.8, 4) is 0 Å². The summed E-state index contributed by atoms with van der Waals surface area (Å²) in [7, 11) is 0. The summed E-state index contributed by atoms with van der Waals surface area (Å²) in [5, 5.41) is 19.0. The van der Waals surface area contributed by atoms with Gasteiger partial charge in [-0.25, -0.2) is 18.4 Å². The van der Waals surface area contributed by atoms with Crippen molar-refractivity contribution >= 4 is 16.6 Å². The molecule has 1 aliphatic rings. The van der Waals surface area contributed by atoms with E-state index in [-0.39, 0.29) is 5.52 Å².